The number of ether oxygens (including phenoxy) is 1. The Balaban J connectivity index is 1.55. The van der Waals surface area contributed by atoms with Crippen LogP contribution in [0.15, 0.2) is 29.1 Å². The van der Waals surface area contributed by atoms with Gasteiger partial charge in [-0.3, -0.25) is 19.6 Å². The molecule has 0 spiro atoms. The van der Waals surface area contributed by atoms with Crippen molar-refractivity contribution in [2.24, 2.45) is 0 Å². The van der Waals surface area contributed by atoms with Gasteiger partial charge >= 0.3 is 6.18 Å². The molecule has 2 aliphatic rings. The van der Waals surface area contributed by atoms with Crippen LogP contribution in [0.5, 0.6) is 5.75 Å². The van der Waals surface area contributed by atoms with Gasteiger partial charge in [-0.1, -0.05) is 0 Å². The summed E-state index contributed by atoms with van der Waals surface area (Å²) in [4.78, 5) is 26.4. The first-order valence-electron chi connectivity index (χ1n) is 10.7. The van der Waals surface area contributed by atoms with Crippen molar-refractivity contribution in [3.05, 3.63) is 30.5 Å². The number of carbonyl (C=O) groups excluding carboxylic acids is 1. The van der Waals surface area contributed by atoms with Crippen molar-refractivity contribution < 1.29 is 27.1 Å². The third-order valence-corrected chi connectivity index (χ3v) is 6.69. The van der Waals surface area contributed by atoms with Crippen molar-refractivity contribution in [1.82, 2.24) is 24.7 Å². The molecule has 11 heteroatoms. The van der Waals surface area contributed by atoms with Crippen LogP contribution in [-0.4, -0.2) is 81.7 Å². The van der Waals surface area contributed by atoms with Gasteiger partial charge in [0, 0.05) is 31.4 Å². The molecule has 0 N–H and O–H groups in total. The van der Waals surface area contributed by atoms with Crippen LogP contribution in [0, 0.1) is 0 Å². The average molecular weight is 467 g/mol. The number of amides is 1. The molecule has 0 bridgehead atoms. The molecule has 2 saturated heterocycles. The quantitative estimate of drug-likeness (QED) is 0.669. The molecule has 1 unspecified atom stereocenters. The minimum atomic E-state index is -4.45. The lowest BCUT2D eigenvalue weighted by Gasteiger charge is -2.46. The Morgan fingerprint density at radius 2 is 1.94 bits per heavy atom. The highest BCUT2D eigenvalue weighted by molar-refractivity contribution is 5.85. The summed E-state index contributed by atoms with van der Waals surface area (Å²) in [6.45, 7) is 7.22. The van der Waals surface area contributed by atoms with Crippen LogP contribution in [0.3, 0.4) is 0 Å². The number of pyridine rings is 1. The van der Waals surface area contributed by atoms with E-state index in [1.54, 1.807) is 45.6 Å². The molecule has 1 atom stereocenters. The molecule has 0 aliphatic carbocycles. The highest BCUT2D eigenvalue weighted by atomic mass is 19.4. The number of alkyl halides is 3. The van der Waals surface area contributed by atoms with Gasteiger partial charge in [0.05, 0.1) is 30.7 Å². The van der Waals surface area contributed by atoms with Gasteiger partial charge in [0.2, 0.25) is 11.8 Å². The van der Waals surface area contributed by atoms with E-state index in [1.807, 2.05) is 23.6 Å². The first-order chi connectivity index (χ1) is 15.3. The number of fused-ring (bicyclic) bond motifs is 1. The normalized spacial score (nSPS) is 22.0. The predicted octanol–water partition coefficient (Wildman–Crippen LogP) is 3.11. The number of rotatable bonds is 5. The molecule has 4 heterocycles. The van der Waals surface area contributed by atoms with E-state index in [2.05, 4.69) is 9.97 Å². The van der Waals surface area contributed by atoms with Gasteiger partial charge < -0.3 is 14.1 Å². The third-order valence-electron chi connectivity index (χ3n) is 6.69. The maximum atomic E-state index is 13.1. The van der Waals surface area contributed by atoms with Crippen LogP contribution in [0.4, 0.5) is 13.2 Å². The number of hydrogen-bond donors (Lipinski definition) is 0. The van der Waals surface area contributed by atoms with Crippen LogP contribution >= 0.6 is 0 Å². The molecule has 2 aromatic heterocycles. The van der Waals surface area contributed by atoms with E-state index in [1.165, 1.54) is 0 Å². The number of nitrogens with zero attached hydrogens (tertiary/aromatic N) is 5. The number of halogens is 3. The maximum Gasteiger partial charge on any atom is 0.406 e. The zero-order valence-corrected chi connectivity index (χ0v) is 19.3. The standard InChI is InChI=1S/C22H28F3N5O3/c1-20(2,19-27-11-17(33-19)14-8-15(32-5)10-26-9-14)28-6-7-29-16(12-28)18(31)30(21(29,3)4)13-22(23,24)25/h8-11,16H,6-7,12-13H2,1-5H3. The van der Waals surface area contributed by atoms with Gasteiger partial charge in [-0.05, 0) is 33.8 Å². The van der Waals surface area contributed by atoms with E-state index in [4.69, 9.17) is 9.15 Å². The summed E-state index contributed by atoms with van der Waals surface area (Å²) in [6, 6.07) is 1.13. The molecule has 180 valence electrons. The minimum absolute atomic E-state index is 0.280. The third kappa shape index (κ3) is 4.19. The summed E-state index contributed by atoms with van der Waals surface area (Å²) < 4.78 is 50.6. The fraction of sp³-hybridized carbons (Fsp3) is 0.591. The Morgan fingerprint density at radius 1 is 1.21 bits per heavy atom. The van der Waals surface area contributed by atoms with E-state index in [0.29, 0.717) is 36.1 Å². The molecule has 0 saturated carbocycles. The zero-order chi connectivity index (χ0) is 24.2. The summed E-state index contributed by atoms with van der Waals surface area (Å²) in [5.74, 6) is 1.06. The van der Waals surface area contributed by atoms with Gasteiger partial charge in [-0.2, -0.15) is 13.2 Å². The molecular formula is C22H28F3N5O3. The summed E-state index contributed by atoms with van der Waals surface area (Å²) in [6.07, 6.45) is 0.391. The Labute approximate surface area is 190 Å². The van der Waals surface area contributed by atoms with Crippen molar-refractivity contribution in [3.63, 3.8) is 0 Å². The van der Waals surface area contributed by atoms with Gasteiger partial charge in [0.25, 0.3) is 0 Å². The minimum Gasteiger partial charge on any atom is -0.495 e. The van der Waals surface area contributed by atoms with Gasteiger partial charge in [-0.25, -0.2) is 4.98 Å². The molecule has 0 aromatic carbocycles. The van der Waals surface area contributed by atoms with Gasteiger partial charge in [0.1, 0.15) is 18.3 Å². The second-order valence-corrected chi connectivity index (χ2v) is 9.39. The highest BCUT2D eigenvalue weighted by Crippen LogP contribution is 2.39. The fourth-order valence-electron chi connectivity index (χ4n) is 4.70. The number of hydrogen-bond acceptors (Lipinski definition) is 7. The second-order valence-electron chi connectivity index (χ2n) is 9.39. The highest BCUT2D eigenvalue weighted by Gasteiger charge is 2.56. The van der Waals surface area contributed by atoms with Crippen LogP contribution < -0.4 is 4.74 Å². The van der Waals surface area contributed by atoms with Gasteiger partial charge in [-0.15, -0.1) is 0 Å². The van der Waals surface area contributed by atoms with E-state index in [9.17, 15) is 18.0 Å². The van der Waals surface area contributed by atoms with Crippen LogP contribution in [0.2, 0.25) is 0 Å². The van der Waals surface area contributed by atoms with Crippen LogP contribution in [-0.2, 0) is 10.3 Å². The molecular weight excluding hydrogens is 439 g/mol. The zero-order valence-electron chi connectivity index (χ0n) is 19.3. The molecule has 1 amide bonds. The lowest BCUT2D eigenvalue weighted by atomic mass is 9.99. The summed E-state index contributed by atoms with van der Waals surface area (Å²) >= 11 is 0. The first kappa shape index (κ1) is 23.5. The monoisotopic (exact) mass is 467 g/mol. The number of oxazole rings is 1. The van der Waals surface area contributed by atoms with Crippen molar-refractivity contribution in [1.29, 1.82) is 0 Å². The fourth-order valence-corrected chi connectivity index (χ4v) is 4.70. The predicted molar refractivity (Wildman–Crippen MR) is 113 cm³/mol. The Hall–Kier alpha value is -2.66. The van der Waals surface area contributed by atoms with Crippen molar-refractivity contribution in [3.8, 4) is 17.1 Å². The number of carbonyl (C=O) groups is 1. The molecule has 33 heavy (non-hydrogen) atoms. The van der Waals surface area contributed by atoms with E-state index in [-0.39, 0.29) is 6.54 Å². The number of aromatic nitrogens is 2. The Morgan fingerprint density at radius 3 is 2.61 bits per heavy atom. The largest absolute Gasteiger partial charge is 0.495 e. The number of piperazine rings is 1. The molecule has 2 fully saturated rings. The SMILES string of the molecule is COc1cncc(-c2cnc(C(C)(C)N3CCN4C(C3)C(=O)N(CC(F)(F)F)C4(C)C)o2)c1. The maximum absolute atomic E-state index is 13.1. The Kier molecular flexibility index (Phi) is 5.68. The topological polar surface area (TPSA) is 74.9 Å². The molecule has 8 nitrogen and oxygen atoms in total. The van der Waals surface area contributed by atoms with Gasteiger partial charge in [0.15, 0.2) is 5.76 Å². The lowest BCUT2D eigenvalue weighted by Crippen LogP contribution is -2.61. The van der Waals surface area contributed by atoms with Crippen molar-refractivity contribution in [2.45, 2.75) is 51.1 Å². The summed E-state index contributed by atoms with van der Waals surface area (Å²) in [5.41, 5.74) is -0.981. The number of methoxy groups -OCH3 is 1. The van der Waals surface area contributed by atoms with E-state index < -0.39 is 35.9 Å². The second kappa shape index (κ2) is 7.98. The molecule has 2 aromatic rings. The summed E-state index contributed by atoms with van der Waals surface area (Å²) in [7, 11) is 1.55. The van der Waals surface area contributed by atoms with Crippen LogP contribution in [0.25, 0.3) is 11.3 Å². The Bertz CT molecular complexity index is 1040. The first-order valence-corrected chi connectivity index (χ1v) is 10.7. The van der Waals surface area contributed by atoms with Crippen molar-refractivity contribution in [2.75, 3.05) is 33.3 Å². The molecule has 0 radical (unpaired) electrons. The molecule has 2 aliphatic heterocycles. The van der Waals surface area contributed by atoms with Crippen LogP contribution in [0.1, 0.15) is 33.6 Å². The lowest BCUT2D eigenvalue weighted by molar-refractivity contribution is -0.169. The van der Waals surface area contributed by atoms with E-state index >= 15 is 0 Å². The smallest absolute Gasteiger partial charge is 0.406 e. The average Bonchev–Trinajstić information content (AvgIpc) is 3.32. The van der Waals surface area contributed by atoms with Crippen molar-refractivity contribution >= 4 is 5.91 Å². The summed E-state index contributed by atoms with van der Waals surface area (Å²) in [5, 5.41) is 0. The van der Waals surface area contributed by atoms with E-state index in [0.717, 1.165) is 4.90 Å². The molecule has 4 rings (SSSR count).